The van der Waals surface area contributed by atoms with E-state index >= 15 is 0 Å². The molecule has 1 aliphatic carbocycles. The molecule has 1 aliphatic rings. The second kappa shape index (κ2) is 5.50. The molecular formula is C12H24N2O. The van der Waals surface area contributed by atoms with Crippen LogP contribution in [-0.2, 0) is 4.79 Å². The van der Waals surface area contributed by atoms with Crippen molar-refractivity contribution in [2.75, 3.05) is 13.1 Å². The quantitative estimate of drug-likeness (QED) is 0.751. The fourth-order valence-electron chi connectivity index (χ4n) is 2.27. The fourth-order valence-corrected chi connectivity index (χ4v) is 2.27. The molecule has 1 rings (SSSR count). The van der Waals surface area contributed by atoms with Gasteiger partial charge in [0.25, 0.3) is 0 Å². The number of carbonyl (C=O) groups excluding carboxylic acids is 1. The van der Waals surface area contributed by atoms with Crippen LogP contribution in [0.2, 0.25) is 0 Å². The van der Waals surface area contributed by atoms with Crippen molar-refractivity contribution in [1.29, 1.82) is 0 Å². The minimum Gasteiger partial charge on any atom is -0.342 e. The van der Waals surface area contributed by atoms with Gasteiger partial charge in [-0.05, 0) is 39.5 Å². The van der Waals surface area contributed by atoms with Crippen molar-refractivity contribution in [3.05, 3.63) is 0 Å². The summed E-state index contributed by atoms with van der Waals surface area (Å²) < 4.78 is 0. The number of likely N-dealkylation sites (N-methyl/N-ethyl adjacent to an activating group) is 1. The van der Waals surface area contributed by atoms with Crippen LogP contribution in [0.25, 0.3) is 0 Å². The van der Waals surface area contributed by atoms with E-state index in [0.717, 1.165) is 19.0 Å². The van der Waals surface area contributed by atoms with Gasteiger partial charge in [-0.2, -0.15) is 0 Å². The molecule has 1 N–H and O–H groups in total. The van der Waals surface area contributed by atoms with Crippen molar-refractivity contribution in [2.45, 2.75) is 52.6 Å². The molecule has 0 saturated heterocycles. The van der Waals surface area contributed by atoms with Crippen molar-refractivity contribution in [2.24, 2.45) is 5.92 Å². The molecular weight excluding hydrogens is 188 g/mol. The summed E-state index contributed by atoms with van der Waals surface area (Å²) in [6.45, 7) is 9.91. The average Bonchev–Trinajstić information content (AvgIpc) is 2.17. The van der Waals surface area contributed by atoms with E-state index < -0.39 is 0 Å². The Labute approximate surface area is 93.2 Å². The SMILES string of the molecule is CCN(CC)C(=O)C(C)NC1CC(C)C1. The molecule has 0 aliphatic heterocycles. The highest BCUT2D eigenvalue weighted by molar-refractivity contribution is 5.81. The number of hydrogen-bond acceptors (Lipinski definition) is 2. The Bertz CT molecular complexity index is 208. The number of hydrogen-bond donors (Lipinski definition) is 1. The highest BCUT2D eigenvalue weighted by Crippen LogP contribution is 2.26. The minimum absolute atomic E-state index is 0.0256. The summed E-state index contributed by atoms with van der Waals surface area (Å²) in [7, 11) is 0. The molecule has 0 aromatic heterocycles. The molecule has 15 heavy (non-hydrogen) atoms. The van der Waals surface area contributed by atoms with Crippen LogP contribution in [0, 0.1) is 5.92 Å². The second-order valence-corrected chi connectivity index (χ2v) is 4.67. The van der Waals surface area contributed by atoms with Crippen molar-refractivity contribution in [1.82, 2.24) is 10.2 Å². The molecule has 0 radical (unpaired) electrons. The van der Waals surface area contributed by atoms with Crippen molar-refractivity contribution < 1.29 is 4.79 Å². The highest BCUT2D eigenvalue weighted by Gasteiger charge is 2.28. The topological polar surface area (TPSA) is 32.3 Å². The van der Waals surface area contributed by atoms with Gasteiger partial charge in [0.05, 0.1) is 6.04 Å². The van der Waals surface area contributed by atoms with E-state index in [1.54, 1.807) is 0 Å². The summed E-state index contributed by atoms with van der Waals surface area (Å²) in [4.78, 5) is 13.8. The molecule has 0 aromatic carbocycles. The van der Waals surface area contributed by atoms with Crippen LogP contribution in [0.15, 0.2) is 0 Å². The Morgan fingerprint density at radius 1 is 1.40 bits per heavy atom. The standard InChI is InChI=1S/C12H24N2O/c1-5-14(6-2)12(15)10(4)13-11-7-9(3)8-11/h9-11,13H,5-8H2,1-4H3. The molecule has 0 spiro atoms. The van der Waals surface area contributed by atoms with Crippen LogP contribution in [0.5, 0.6) is 0 Å². The first kappa shape index (κ1) is 12.5. The third kappa shape index (κ3) is 3.20. The van der Waals surface area contributed by atoms with Gasteiger partial charge >= 0.3 is 0 Å². The van der Waals surface area contributed by atoms with Gasteiger partial charge in [0, 0.05) is 19.1 Å². The maximum Gasteiger partial charge on any atom is 0.239 e. The van der Waals surface area contributed by atoms with E-state index in [2.05, 4.69) is 12.2 Å². The Morgan fingerprint density at radius 2 is 1.93 bits per heavy atom. The predicted octanol–water partition coefficient (Wildman–Crippen LogP) is 1.63. The van der Waals surface area contributed by atoms with Crippen LogP contribution >= 0.6 is 0 Å². The van der Waals surface area contributed by atoms with Crippen molar-refractivity contribution >= 4 is 5.91 Å². The second-order valence-electron chi connectivity index (χ2n) is 4.67. The molecule has 1 atom stereocenters. The number of carbonyl (C=O) groups is 1. The average molecular weight is 212 g/mol. The van der Waals surface area contributed by atoms with Gasteiger partial charge in [0.2, 0.25) is 5.91 Å². The highest BCUT2D eigenvalue weighted by atomic mass is 16.2. The van der Waals surface area contributed by atoms with Crippen molar-refractivity contribution in [3.63, 3.8) is 0 Å². The molecule has 1 unspecified atom stereocenters. The minimum atomic E-state index is -0.0256. The monoisotopic (exact) mass is 212 g/mol. The van der Waals surface area contributed by atoms with E-state index in [0.29, 0.717) is 6.04 Å². The maximum absolute atomic E-state index is 11.9. The molecule has 3 nitrogen and oxygen atoms in total. The first-order valence-corrected chi connectivity index (χ1v) is 6.13. The van der Waals surface area contributed by atoms with E-state index in [-0.39, 0.29) is 11.9 Å². The number of nitrogens with one attached hydrogen (secondary N) is 1. The van der Waals surface area contributed by atoms with E-state index in [1.165, 1.54) is 12.8 Å². The lowest BCUT2D eigenvalue weighted by Crippen LogP contribution is -2.51. The van der Waals surface area contributed by atoms with Gasteiger partial charge in [-0.1, -0.05) is 6.92 Å². The Morgan fingerprint density at radius 3 is 2.33 bits per heavy atom. The molecule has 1 amide bonds. The molecule has 0 heterocycles. The third-order valence-corrected chi connectivity index (χ3v) is 3.31. The summed E-state index contributed by atoms with van der Waals surface area (Å²) in [5, 5.41) is 3.40. The summed E-state index contributed by atoms with van der Waals surface area (Å²) in [6.07, 6.45) is 2.44. The first-order chi connectivity index (χ1) is 7.08. The largest absolute Gasteiger partial charge is 0.342 e. The lowest BCUT2D eigenvalue weighted by Gasteiger charge is -2.36. The molecule has 1 saturated carbocycles. The third-order valence-electron chi connectivity index (χ3n) is 3.31. The van der Waals surface area contributed by atoms with Gasteiger partial charge in [-0.15, -0.1) is 0 Å². The number of amides is 1. The zero-order chi connectivity index (χ0) is 11.4. The van der Waals surface area contributed by atoms with E-state index in [4.69, 9.17) is 0 Å². The molecule has 0 aromatic rings. The predicted molar refractivity (Wildman–Crippen MR) is 62.7 cm³/mol. The molecule has 3 heteroatoms. The Kier molecular flexibility index (Phi) is 4.58. The van der Waals surface area contributed by atoms with Crippen LogP contribution in [0.1, 0.15) is 40.5 Å². The molecule has 0 bridgehead atoms. The fraction of sp³-hybridized carbons (Fsp3) is 0.917. The summed E-state index contributed by atoms with van der Waals surface area (Å²) in [5.74, 6) is 1.07. The van der Waals surface area contributed by atoms with Crippen LogP contribution in [-0.4, -0.2) is 36.0 Å². The van der Waals surface area contributed by atoms with E-state index in [1.807, 2.05) is 25.7 Å². The lowest BCUT2D eigenvalue weighted by atomic mass is 9.81. The normalized spacial score (nSPS) is 26.9. The maximum atomic E-state index is 11.9. The van der Waals surface area contributed by atoms with Crippen LogP contribution in [0.4, 0.5) is 0 Å². The summed E-state index contributed by atoms with van der Waals surface area (Å²) in [6, 6.07) is 0.539. The van der Waals surface area contributed by atoms with Crippen LogP contribution in [0.3, 0.4) is 0 Å². The first-order valence-electron chi connectivity index (χ1n) is 6.13. The van der Waals surface area contributed by atoms with Gasteiger partial charge in [-0.3, -0.25) is 4.79 Å². The zero-order valence-corrected chi connectivity index (χ0v) is 10.4. The van der Waals surface area contributed by atoms with Gasteiger partial charge in [0.15, 0.2) is 0 Å². The smallest absolute Gasteiger partial charge is 0.239 e. The van der Waals surface area contributed by atoms with Gasteiger partial charge in [0.1, 0.15) is 0 Å². The van der Waals surface area contributed by atoms with Crippen molar-refractivity contribution in [3.8, 4) is 0 Å². The Balaban J connectivity index is 2.32. The molecule has 88 valence electrons. The van der Waals surface area contributed by atoms with Gasteiger partial charge < -0.3 is 10.2 Å². The number of rotatable bonds is 5. The summed E-state index contributed by atoms with van der Waals surface area (Å²) in [5.41, 5.74) is 0. The Hall–Kier alpha value is -0.570. The van der Waals surface area contributed by atoms with Crippen LogP contribution < -0.4 is 5.32 Å². The number of nitrogens with zero attached hydrogens (tertiary/aromatic N) is 1. The lowest BCUT2D eigenvalue weighted by molar-refractivity contribution is -0.133. The van der Waals surface area contributed by atoms with E-state index in [9.17, 15) is 4.79 Å². The van der Waals surface area contributed by atoms with Gasteiger partial charge in [-0.25, -0.2) is 0 Å². The summed E-state index contributed by atoms with van der Waals surface area (Å²) >= 11 is 0. The molecule has 1 fully saturated rings. The zero-order valence-electron chi connectivity index (χ0n) is 10.4.